The van der Waals surface area contributed by atoms with Gasteiger partial charge < -0.3 is 9.80 Å². The summed E-state index contributed by atoms with van der Waals surface area (Å²) in [6, 6.07) is 20.6. The Morgan fingerprint density at radius 1 is 0.882 bits per heavy atom. The van der Waals surface area contributed by atoms with Crippen molar-refractivity contribution in [3.05, 3.63) is 89.7 Å². The number of anilines is 2. The van der Waals surface area contributed by atoms with E-state index in [1.165, 1.54) is 10.4 Å². The summed E-state index contributed by atoms with van der Waals surface area (Å²) in [6.07, 6.45) is 0.596. The minimum Gasteiger partial charge on any atom is -0.367 e. The maximum Gasteiger partial charge on any atom is 0.258 e. The first-order chi connectivity index (χ1) is 16.4. The van der Waals surface area contributed by atoms with Gasteiger partial charge in [0.2, 0.25) is 10.0 Å². The van der Waals surface area contributed by atoms with Crippen molar-refractivity contribution in [3.8, 4) is 0 Å². The van der Waals surface area contributed by atoms with Crippen molar-refractivity contribution in [2.75, 3.05) is 36.0 Å². The Morgan fingerprint density at radius 2 is 1.56 bits per heavy atom. The van der Waals surface area contributed by atoms with Gasteiger partial charge in [-0.05, 0) is 61.4 Å². The second-order valence-corrected chi connectivity index (χ2v) is 10.7. The molecule has 2 heterocycles. The third-order valence-corrected chi connectivity index (χ3v) is 8.47. The van der Waals surface area contributed by atoms with Crippen molar-refractivity contribution >= 4 is 27.3 Å². The van der Waals surface area contributed by atoms with Crippen molar-refractivity contribution in [1.82, 2.24) is 4.31 Å². The van der Waals surface area contributed by atoms with Gasteiger partial charge in [0.05, 0.1) is 10.6 Å². The van der Waals surface area contributed by atoms with Crippen molar-refractivity contribution in [2.24, 2.45) is 0 Å². The van der Waals surface area contributed by atoms with Crippen LogP contribution in [0, 0.1) is 5.82 Å². The molecule has 0 spiro atoms. The lowest BCUT2D eigenvalue weighted by Gasteiger charge is -2.35. The summed E-state index contributed by atoms with van der Waals surface area (Å²) >= 11 is 0. The molecular formula is C26H26FN3O3S. The van der Waals surface area contributed by atoms with Crippen molar-refractivity contribution in [3.63, 3.8) is 0 Å². The van der Waals surface area contributed by atoms with E-state index in [9.17, 15) is 17.6 Å². The summed E-state index contributed by atoms with van der Waals surface area (Å²) < 4.78 is 42.3. The lowest BCUT2D eigenvalue weighted by atomic mass is 10.1. The Bertz CT molecular complexity index is 1320. The van der Waals surface area contributed by atoms with E-state index in [1.807, 2.05) is 30.0 Å². The van der Waals surface area contributed by atoms with Crippen molar-refractivity contribution in [1.29, 1.82) is 0 Å². The van der Waals surface area contributed by atoms with Gasteiger partial charge in [0.25, 0.3) is 5.91 Å². The van der Waals surface area contributed by atoms with Crippen LogP contribution in [0.3, 0.4) is 0 Å². The van der Waals surface area contributed by atoms with E-state index in [-0.39, 0.29) is 35.8 Å². The highest BCUT2D eigenvalue weighted by Gasteiger charge is 2.34. The zero-order valence-electron chi connectivity index (χ0n) is 18.9. The smallest absolute Gasteiger partial charge is 0.258 e. The van der Waals surface area contributed by atoms with Gasteiger partial charge in [-0.3, -0.25) is 4.79 Å². The number of sulfonamides is 1. The maximum absolute atomic E-state index is 14.1. The molecule has 2 aliphatic heterocycles. The summed E-state index contributed by atoms with van der Waals surface area (Å²) in [5.74, 6) is -0.395. The van der Waals surface area contributed by atoms with E-state index in [2.05, 4.69) is 0 Å². The second-order valence-electron chi connectivity index (χ2n) is 8.73. The normalized spacial score (nSPS) is 18.7. The first kappa shape index (κ1) is 22.6. The molecule has 0 aromatic heterocycles. The minimum absolute atomic E-state index is 0.0648. The standard InChI is InChI=1S/C26H26FN3O3S/c1-19-17-21-18-22(11-12-24(21)30(19)26(31)20-7-3-2-4-8-20)34(32,33)29-15-13-28(14-16-29)25-10-6-5-9-23(25)27/h2-12,18-19H,13-17H2,1H3/t19-/m1/s1. The van der Waals surface area contributed by atoms with Crippen LogP contribution in [0.1, 0.15) is 22.8 Å². The molecule has 0 radical (unpaired) electrons. The number of piperazine rings is 1. The highest BCUT2D eigenvalue weighted by molar-refractivity contribution is 7.89. The Balaban J connectivity index is 1.35. The number of hydrogen-bond donors (Lipinski definition) is 0. The Labute approximate surface area is 199 Å². The maximum atomic E-state index is 14.1. The van der Waals surface area contributed by atoms with Gasteiger partial charge >= 0.3 is 0 Å². The predicted octanol–water partition coefficient (Wildman–Crippen LogP) is 3.93. The number of halogens is 1. The zero-order chi connectivity index (χ0) is 23.9. The number of carbonyl (C=O) groups excluding carboxylic acids is 1. The van der Waals surface area contributed by atoms with E-state index in [0.717, 1.165) is 11.3 Å². The molecule has 3 aromatic carbocycles. The summed E-state index contributed by atoms with van der Waals surface area (Å²) in [5, 5.41) is 0. The van der Waals surface area contributed by atoms with Crippen molar-refractivity contribution < 1.29 is 17.6 Å². The summed E-state index contributed by atoms with van der Waals surface area (Å²) in [7, 11) is -3.70. The van der Waals surface area contributed by atoms with Gasteiger partial charge in [-0.15, -0.1) is 0 Å². The molecule has 0 saturated carbocycles. The van der Waals surface area contributed by atoms with E-state index in [0.29, 0.717) is 30.8 Å². The van der Waals surface area contributed by atoms with E-state index in [1.54, 1.807) is 53.4 Å². The fourth-order valence-electron chi connectivity index (χ4n) is 4.82. The summed E-state index contributed by atoms with van der Waals surface area (Å²) in [4.78, 5) is 16.9. The molecule has 8 heteroatoms. The average molecular weight is 480 g/mol. The predicted molar refractivity (Wildman–Crippen MR) is 130 cm³/mol. The molecule has 176 valence electrons. The topological polar surface area (TPSA) is 60.9 Å². The van der Waals surface area contributed by atoms with E-state index in [4.69, 9.17) is 0 Å². The van der Waals surface area contributed by atoms with Gasteiger partial charge in [-0.25, -0.2) is 12.8 Å². The molecule has 1 saturated heterocycles. The zero-order valence-corrected chi connectivity index (χ0v) is 19.7. The third kappa shape index (κ3) is 3.97. The quantitative estimate of drug-likeness (QED) is 0.569. The fourth-order valence-corrected chi connectivity index (χ4v) is 6.30. The van der Waals surface area contributed by atoms with Gasteiger partial charge in [0, 0.05) is 43.5 Å². The summed E-state index contributed by atoms with van der Waals surface area (Å²) in [6.45, 7) is 3.37. The van der Waals surface area contributed by atoms with Gasteiger partial charge in [0.15, 0.2) is 0 Å². The molecule has 34 heavy (non-hydrogen) atoms. The van der Waals surface area contributed by atoms with Crippen molar-refractivity contribution in [2.45, 2.75) is 24.3 Å². The molecule has 0 N–H and O–H groups in total. The number of benzene rings is 3. The van der Waals surface area contributed by atoms with Crippen LogP contribution < -0.4 is 9.80 Å². The highest BCUT2D eigenvalue weighted by atomic mass is 32.2. The molecule has 1 fully saturated rings. The number of amides is 1. The lowest BCUT2D eigenvalue weighted by Crippen LogP contribution is -2.48. The Hall–Kier alpha value is -3.23. The second kappa shape index (κ2) is 8.85. The molecular weight excluding hydrogens is 453 g/mol. The minimum atomic E-state index is -3.70. The van der Waals surface area contributed by atoms with Crippen LogP contribution in [0.25, 0.3) is 0 Å². The number of carbonyl (C=O) groups is 1. The Morgan fingerprint density at radius 3 is 2.26 bits per heavy atom. The van der Waals surface area contributed by atoms with Gasteiger partial charge in [-0.1, -0.05) is 30.3 Å². The molecule has 1 atom stereocenters. The first-order valence-electron chi connectivity index (χ1n) is 11.4. The highest BCUT2D eigenvalue weighted by Crippen LogP contribution is 2.36. The molecule has 6 nitrogen and oxygen atoms in total. The molecule has 1 amide bonds. The van der Waals surface area contributed by atoms with Crippen LogP contribution in [-0.2, 0) is 16.4 Å². The van der Waals surface area contributed by atoms with Crippen LogP contribution in [-0.4, -0.2) is 50.9 Å². The van der Waals surface area contributed by atoms with Gasteiger partial charge in [-0.2, -0.15) is 4.31 Å². The van der Waals surface area contributed by atoms with Gasteiger partial charge in [0.1, 0.15) is 5.82 Å². The third-order valence-electron chi connectivity index (χ3n) is 6.58. The molecule has 3 aromatic rings. The van der Waals surface area contributed by atoms with Crippen LogP contribution in [0.4, 0.5) is 15.8 Å². The molecule has 5 rings (SSSR count). The lowest BCUT2D eigenvalue weighted by molar-refractivity contribution is 0.0981. The SMILES string of the molecule is C[C@@H]1Cc2cc(S(=O)(=O)N3CCN(c4ccccc4F)CC3)ccc2N1C(=O)c1ccccc1. The fraction of sp³-hybridized carbons (Fsp3) is 0.269. The number of para-hydroxylation sites is 1. The van der Waals surface area contributed by atoms with Crippen LogP contribution in [0.15, 0.2) is 77.7 Å². The van der Waals surface area contributed by atoms with E-state index < -0.39 is 10.0 Å². The van der Waals surface area contributed by atoms with E-state index >= 15 is 0 Å². The Kier molecular flexibility index (Phi) is 5.87. The first-order valence-corrected chi connectivity index (χ1v) is 12.8. The monoisotopic (exact) mass is 479 g/mol. The average Bonchev–Trinajstić information content (AvgIpc) is 3.19. The largest absolute Gasteiger partial charge is 0.367 e. The molecule has 0 bridgehead atoms. The molecule has 0 unspecified atom stereocenters. The number of hydrogen-bond acceptors (Lipinski definition) is 4. The number of rotatable bonds is 4. The van der Waals surface area contributed by atoms with Crippen LogP contribution in [0.2, 0.25) is 0 Å². The van der Waals surface area contributed by atoms with Crippen LogP contribution in [0.5, 0.6) is 0 Å². The number of nitrogens with zero attached hydrogens (tertiary/aromatic N) is 3. The molecule has 2 aliphatic rings. The van der Waals surface area contributed by atoms with Crippen LogP contribution >= 0.6 is 0 Å². The summed E-state index contributed by atoms with van der Waals surface area (Å²) in [5.41, 5.74) is 2.70. The number of fused-ring (bicyclic) bond motifs is 1. The molecule has 0 aliphatic carbocycles.